The number of hydrogen-bond acceptors (Lipinski definition) is 3. The lowest BCUT2D eigenvalue weighted by atomic mass is 10.0. The number of hydrogen-bond donors (Lipinski definition) is 2. The van der Waals surface area contributed by atoms with Crippen LogP contribution in [0.3, 0.4) is 0 Å². The third-order valence-electron chi connectivity index (χ3n) is 3.11. The van der Waals surface area contributed by atoms with Gasteiger partial charge in [0.1, 0.15) is 5.82 Å². The third-order valence-corrected chi connectivity index (χ3v) is 3.94. The molecule has 1 aromatic heterocycles. The molecule has 1 amide bonds. The third kappa shape index (κ3) is 2.84. The minimum absolute atomic E-state index is 0.00391. The monoisotopic (exact) mass is 297 g/mol. The van der Waals surface area contributed by atoms with Gasteiger partial charge in [-0.05, 0) is 53.4 Å². The average molecular weight is 298 g/mol. The molecule has 2 unspecified atom stereocenters. The standard InChI is InChI=1S/C12H16BrN3O/c1-7-3-4-14-11(7)12(17)16-10-5-8(2)9(13)6-15-10/h5-7,11,14H,3-4H2,1-2H3,(H,15,16,17). The summed E-state index contributed by atoms with van der Waals surface area (Å²) in [6.07, 6.45) is 2.75. The Morgan fingerprint density at radius 2 is 2.41 bits per heavy atom. The Bertz CT molecular complexity index is 436. The minimum Gasteiger partial charge on any atom is -0.309 e. The smallest absolute Gasteiger partial charge is 0.242 e. The van der Waals surface area contributed by atoms with Crippen molar-refractivity contribution < 1.29 is 4.79 Å². The Morgan fingerprint density at radius 1 is 1.65 bits per heavy atom. The molecule has 92 valence electrons. The molecule has 0 aliphatic carbocycles. The Kier molecular flexibility index (Phi) is 3.79. The molecular weight excluding hydrogens is 282 g/mol. The highest BCUT2D eigenvalue weighted by Gasteiger charge is 2.29. The first-order chi connectivity index (χ1) is 8.08. The quantitative estimate of drug-likeness (QED) is 0.879. The average Bonchev–Trinajstić information content (AvgIpc) is 2.70. The Morgan fingerprint density at radius 3 is 3.00 bits per heavy atom. The van der Waals surface area contributed by atoms with Crippen LogP contribution < -0.4 is 10.6 Å². The van der Waals surface area contributed by atoms with Crippen LogP contribution >= 0.6 is 15.9 Å². The van der Waals surface area contributed by atoms with E-state index in [1.807, 2.05) is 13.0 Å². The van der Waals surface area contributed by atoms with Crippen LogP contribution in [0.4, 0.5) is 5.82 Å². The predicted molar refractivity (Wildman–Crippen MR) is 70.9 cm³/mol. The zero-order valence-corrected chi connectivity index (χ0v) is 11.5. The number of halogens is 1. The van der Waals surface area contributed by atoms with Gasteiger partial charge in [0.2, 0.25) is 5.91 Å². The van der Waals surface area contributed by atoms with E-state index in [0.29, 0.717) is 11.7 Å². The Balaban J connectivity index is 2.05. The first-order valence-corrected chi connectivity index (χ1v) is 6.53. The van der Waals surface area contributed by atoms with Crippen LogP contribution in [0.5, 0.6) is 0 Å². The van der Waals surface area contributed by atoms with Crippen LogP contribution in [-0.2, 0) is 4.79 Å². The van der Waals surface area contributed by atoms with Gasteiger partial charge in [-0.2, -0.15) is 0 Å². The van der Waals surface area contributed by atoms with Crippen molar-refractivity contribution in [3.63, 3.8) is 0 Å². The van der Waals surface area contributed by atoms with E-state index in [4.69, 9.17) is 0 Å². The van der Waals surface area contributed by atoms with Gasteiger partial charge in [0.25, 0.3) is 0 Å². The van der Waals surface area contributed by atoms with Gasteiger partial charge in [-0.25, -0.2) is 4.98 Å². The van der Waals surface area contributed by atoms with Gasteiger partial charge >= 0.3 is 0 Å². The molecule has 2 N–H and O–H groups in total. The summed E-state index contributed by atoms with van der Waals surface area (Å²) in [4.78, 5) is 16.2. The molecule has 1 aromatic rings. The van der Waals surface area contributed by atoms with Gasteiger partial charge < -0.3 is 10.6 Å². The summed E-state index contributed by atoms with van der Waals surface area (Å²) in [5.74, 6) is 0.993. The molecule has 2 atom stereocenters. The first-order valence-electron chi connectivity index (χ1n) is 5.74. The van der Waals surface area contributed by atoms with E-state index < -0.39 is 0 Å². The summed E-state index contributed by atoms with van der Waals surface area (Å²) in [5.41, 5.74) is 1.06. The van der Waals surface area contributed by atoms with Crippen LogP contribution in [0, 0.1) is 12.8 Å². The molecule has 2 rings (SSSR count). The SMILES string of the molecule is Cc1cc(NC(=O)C2NCCC2C)ncc1Br. The fraction of sp³-hybridized carbons (Fsp3) is 0.500. The van der Waals surface area contributed by atoms with Crippen molar-refractivity contribution in [2.75, 3.05) is 11.9 Å². The number of rotatable bonds is 2. The number of anilines is 1. The molecule has 1 aliphatic heterocycles. The maximum atomic E-state index is 12.0. The molecule has 1 aliphatic rings. The van der Waals surface area contributed by atoms with Crippen molar-refractivity contribution in [3.8, 4) is 0 Å². The normalized spacial score (nSPS) is 23.7. The van der Waals surface area contributed by atoms with Gasteiger partial charge in [0.05, 0.1) is 6.04 Å². The van der Waals surface area contributed by atoms with Gasteiger partial charge in [0, 0.05) is 10.7 Å². The number of amides is 1. The molecular formula is C12H16BrN3O. The number of aryl methyl sites for hydroxylation is 1. The van der Waals surface area contributed by atoms with E-state index in [1.54, 1.807) is 6.20 Å². The maximum Gasteiger partial charge on any atom is 0.242 e. The summed E-state index contributed by atoms with van der Waals surface area (Å²) in [5, 5.41) is 6.05. The van der Waals surface area contributed by atoms with Crippen LogP contribution in [0.2, 0.25) is 0 Å². The summed E-state index contributed by atoms with van der Waals surface area (Å²) >= 11 is 3.38. The van der Waals surface area contributed by atoms with Crippen molar-refractivity contribution in [3.05, 3.63) is 22.3 Å². The van der Waals surface area contributed by atoms with Gasteiger partial charge in [0.15, 0.2) is 0 Å². The minimum atomic E-state index is -0.0965. The molecule has 1 saturated heterocycles. The summed E-state index contributed by atoms with van der Waals surface area (Å²) in [6.45, 7) is 4.97. The largest absolute Gasteiger partial charge is 0.309 e. The van der Waals surface area contributed by atoms with Gasteiger partial charge in [-0.15, -0.1) is 0 Å². The van der Waals surface area contributed by atoms with Crippen molar-refractivity contribution in [1.82, 2.24) is 10.3 Å². The van der Waals surface area contributed by atoms with Crippen LogP contribution in [0.1, 0.15) is 18.9 Å². The summed E-state index contributed by atoms with van der Waals surface area (Å²) < 4.78 is 0.947. The Hall–Kier alpha value is -0.940. The topological polar surface area (TPSA) is 54.0 Å². The number of aromatic nitrogens is 1. The molecule has 0 aromatic carbocycles. The van der Waals surface area contributed by atoms with Crippen LogP contribution in [-0.4, -0.2) is 23.5 Å². The number of carbonyl (C=O) groups is 1. The highest BCUT2D eigenvalue weighted by Crippen LogP contribution is 2.19. The lowest BCUT2D eigenvalue weighted by Crippen LogP contribution is -2.39. The molecule has 0 spiro atoms. The number of nitrogens with one attached hydrogen (secondary N) is 2. The molecule has 0 radical (unpaired) electrons. The van der Waals surface area contributed by atoms with Crippen LogP contribution in [0.25, 0.3) is 0 Å². The second-order valence-corrected chi connectivity index (χ2v) is 5.36. The van der Waals surface area contributed by atoms with Gasteiger partial charge in [-0.3, -0.25) is 4.79 Å². The molecule has 0 saturated carbocycles. The zero-order valence-electron chi connectivity index (χ0n) is 9.96. The fourth-order valence-corrected chi connectivity index (χ4v) is 2.21. The molecule has 0 bridgehead atoms. The lowest BCUT2D eigenvalue weighted by molar-refractivity contribution is -0.118. The van der Waals surface area contributed by atoms with Gasteiger partial charge in [-0.1, -0.05) is 6.92 Å². The van der Waals surface area contributed by atoms with Crippen molar-refractivity contribution in [2.24, 2.45) is 5.92 Å². The van der Waals surface area contributed by atoms with Crippen molar-refractivity contribution in [1.29, 1.82) is 0 Å². The molecule has 5 heteroatoms. The Labute approximate surface area is 109 Å². The molecule has 4 nitrogen and oxygen atoms in total. The highest BCUT2D eigenvalue weighted by atomic mass is 79.9. The molecule has 17 heavy (non-hydrogen) atoms. The second kappa shape index (κ2) is 5.14. The van der Waals surface area contributed by atoms with E-state index in [9.17, 15) is 4.79 Å². The summed E-state index contributed by atoms with van der Waals surface area (Å²) in [7, 11) is 0. The number of nitrogens with zero attached hydrogens (tertiary/aromatic N) is 1. The van der Waals surface area contributed by atoms with E-state index in [0.717, 1.165) is 23.0 Å². The van der Waals surface area contributed by atoms with E-state index in [2.05, 4.69) is 38.5 Å². The van der Waals surface area contributed by atoms with E-state index in [1.165, 1.54) is 0 Å². The predicted octanol–water partition coefficient (Wildman–Crippen LogP) is 2.09. The zero-order chi connectivity index (χ0) is 12.4. The van der Waals surface area contributed by atoms with Crippen LogP contribution in [0.15, 0.2) is 16.7 Å². The molecule has 1 fully saturated rings. The number of pyridine rings is 1. The van der Waals surface area contributed by atoms with E-state index >= 15 is 0 Å². The maximum absolute atomic E-state index is 12.0. The summed E-state index contributed by atoms with van der Waals surface area (Å²) in [6, 6.07) is 1.77. The fourth-order valence-electron chi connectivity index (χ4n) is 2.00. The van der Waals surface area contributed by atoms with Crippen molar-refractivity contribution >= 4 is 27.7 Å². The van der Waals surface area contributed by atoms with E-state index in [-0.39, 0.29) is 11.9 Å². The highest BCUT2D eigenvalue weighted by molar-refractivity contribution is 9.10. The number of carbonyl (C=O) groups excluding carboxylic acids is 1. The lowest BCUT2D eigenvalue weighted by Gasteiger charge is -2.15. The first kappa shape index (κ1) is 12.5. The second-order valence-electron chi connectivity index (χ2n) is 4.51. The van der Waals surface area contributed by atoms with Crippen molar-refractivity contribution in [2.45, 2.75) is 26.3 Å². The molecule has 2 heterocycles.